The summed E-state index contributed by atoms with van der Waals surface area (Å²) in [6.45, 7) is 1.45. The van der Waals surface area contributed by atoms with Gasteiger partial charge in [0.25, 0.3) is 0 Å². The smallest absolute Gasteiger partial charge is 0.346 e. The van der Waals surface area contributed by atoms with Gasteiger partial charge in [-0.2, -0.15) is 0 Å². The molecule has 0 radical (unpaired) electrons. The van der Waals surface area contributed by atoms with Crippen molar-refractivity contribution in [3.05, 3.63) is 0 Å². The summed E-state index contributed by atoms with van der Waals surface area (Å²) in [6, 6.07) is 0. The highest BCUT2D eigenvalue weighted by Gasteiger charge is 2.16. The minimum atomic E-state index is -0.829. The topological polar surface area (TPSA) is 52.6 Å². The van der Waals surface area contributed by atoms with Gasteiger partial charge in [-0.05, 0) is 6.92 Å². The van der Waals surface area contributed by atoms with Gasteiger partial charge in [0, 0.05) is 0 Å². The molecule has 0 heterocycles. The SMILES string of the molecule is COC(=O)C(C)OC(=O)CBr. The van der Waals surface area contributed by atoms with Crippen LogP contribution in [0.4, 0.5) is 0 Å². The van der Waals surface area contributed by atoms with E-state index < -0.39 is 18.0 Å². The maximum Gasteiger partial charge on any atom is 0.346 e. The molecule has 0 spiro atoms. The second kappa shape index (κ2) is 5.12. The van der Waals surface area contributed by atoms with E-state index in [4.69, 9.17) is 0 Å². The Kier molecular flexibility index (Phi) is 4.85. The first-order chi connectivity index (χ1) is 5.11. The number of rotatable bonds is 3. The van der Waals surface area contributed by atoms with Crippen molar-refractivity contribution in [2.75, 3.05) is 12.4 Å². The molecule has 0 aromatic heterocycles. The Hall–Kier alpha value is -0.580. The molecule has 0 aromatic carbocycles. The number of methoxy groups -OCH3 is 1. The summed E-state index contributed by atoms with van der Waals surface area (Å²) in [7, 11) is 1.24. The predicted octanol–water partition coefficient (Wildman–Crippen LogP) is 0.486. The first-order valence-corrected chi connectivity index (χ1v) is 4.07. The lowest BCUT2D eigenvalue weighted by molar-refractivity contribution is -0.162. The molecule has 1 atom stereocenters. The normalized spacial score (nSPS) is 11.9. The molecule has 5 heteroatoms. The van der Waals surface area contributed by atoms with E-state index in [0.29, 0.717) is 0 Å². The number of carbonyl (C=O) groups excluding carboxylic acids is 2. The molecule has 0 saturated heterocycles. The molecule has 11 heavy (non-hydrogen) atoms. The lowest BCUT2D eigenvalue weighted by Crippen LogP contribution is -2.25. The minimum Gasteiger partial charge on any atom is -0.466 e. The average molecular weight is 225 g/mol. The quantitative estimate of drug-likeness (QED) is 0.518. The van der Waals surface area contributed by atoms with Crippen molar-refractivity contribution >= 4 is 27.9 Å². The maximum absolute atomic E-state index is 10.6. The molecule has 0 aliphatic rings. The summed E-state index contributed by atoms with van der Waals surface area (Å²) in [5, 5.41) is 0.0777. The van der Waals surface area contributed by atoms with Crippen LogP contribution < -0.4 is 0 Å². The molecule has 0 N–H and O–H groups in total. The van der Waals surface area contributed by atoms with Gasteiger partial charge in [-0.3, -0.25) is 4.79 Å². The Labute approximate surface area is 73.0 Å². The first-order valence-electron chi connectivity index (χ1n) is 2.95. The van der Waals surface area contributed by atoms with Crippen molar-refractivity contribution in [2.45, 2.75) is 13.0 Å². The van der Waals surface area contributed by atoms with Crippen LogP contribution in [0.3, 0.4) is 0 Å². The zero-order chi connectivity index (χ0) is 8.85. The molecule has 1 unspecified atom stereocenters. The van der Waals surface area contributed by atoms with Crippen LogP contribution in [0, 0.1) is 0 Å². The number of hydrogen-bond donors (Lipinski definition) is 0. The molecule has 0 aliphatic carbocycles. The Morgan fingerprint density at radius 2 is 2.09 bits per heavy atom. The second-order valence-electron chi connectivity index (χ2n) is 1.79. The molecule has 4 nitrogen and oxygen atoms in total. The summed E-state index contributed by atoms with van der Waals surface area (Å²) in [6.07, 6.45) is -0.829. The molecule has 0 aliphatic heterocycles. The fourth-order valence-corrected chi connectivity index (χ4v) is 0.575. The van der Waals surface area contributed by atoms with Gasteiger partial charge in [0.05, 0.1) is 7.11 Å². The number of halogens is 1. The van der Waals surface area contributed by atoms with Gasteiger partial charge in [0.15, 0.2) is 6.10 Å². The second-order valence-corrected chi connectivity index (χ2v) is 2.35. The largest absolute Gasteiger partial charge is 0.466 e. The Morgan fingerprint density at radius 3 is 2.45 bits per heavy atom. The Balaban J connectivity index is 3.77. The minimum absolute atomic E-state index is 0.0777. The van der Waals surface area contributed by atoms with E-state index in [-0.39, 0.29) is 5.33 Å². The van der Waals surface area contributed by atoms with E-state index in [1.54, 1.807) is 0 Å². The number of alkyl halides is 1. The van der Waals surface area contributed by atoms with E-state index in [0.717, 1.165) is 0 Å². The molecule has 0 amide bonds. The van der Waals surface area contributed by atoms with Crippen molar-refractivity contribution in [3.8, 4) is 0 Å². The van der Waals surface area contributed by atoms with Crippen LogP contribution in [0.5, 0.6) is 0 Å². The standard InChI is InChI=1S/C6H9BrO4/c1-4(6(9)10-2)11-5(8)3-7/h4H,3H2,1-2H3. The Bertz CT molecular complexity index is 157. The fraction of sp³-hybridized carbons (Fsp3) is 0.667. The van der Waals surface area contributed by atoms with Gasteiger partial charge in [0.2, 0.25) is 0 Å². The van der Waals surface area contributed by atoms with Gasteiger partial charge in [0.1, 0.15) is 5.33 Å². The van der Waals surface area contributed by atoms with Crippen LogP contribution in [0.15, 0.2) is 0 Å². The summed E-state index contributed by atoms with van der Waals surface area (Å²) >= 11 is 2.89. The number of hydrogen-bond acceptors (Lipinski definition) is 4. The maximum atomic E-state index is 10.6. The number of ether oxygens (including phenoxy) is 2. The van der Waals surface area contributed by atoms with Crippen LogP contribution in [0.2, 0.25) is 0 Å². The number of esters is 2. The van der Waals surface area contributed by atoms with Crippen LogP contribution in [0.25, 0.3) is 0 Å². The lowest BCUT2D eigenvalue weighted by atomic mass is 10.4. The summed E-state index contributed by atoms with van der Waals surface area (Å²) in [5.74, 6) is -1.04. The summed E-state index contributed by atoms with van der Waals surface area (Å²) in [4.78, 5) is 21.2. The van der Waals surface area contributed by atoms with Crippen molar-refractivity contribution in [1.29, 1.82) is 0 Å². The highest BCUT2D eigenvalue weighted by molar-refractivity contribution is 9.09. The molecule has 0 aromatic rings. The van der Waals surface area contributed by atoms with E-state index in [2.05, 4.69) is 25.4 Å². The number of carbonyl (C=O) groups is 2. The monoisotopic (exact) mass is 224 g/mol. The zero-order valence-electron chi connectivity index (χ0n) is 6.30. The highest BCUT2D eigenvalue weighted by atomic mass is 79.9. The molecule has 0 saturated carbocycles. The van der Waals surface area contributed by atoms with Gasteiger partial charge in [-0.15, -0.1) is 0 Å². The van der Waals surface area contributed by atoms with Crippen molar-refractivity contribution in [2.24, 2.45) is 0 Å². The summed E-state index contributed by atoms with van der Waals surface area (Å²) in [5.41, 5.74) is 0. The average Bonchev–Trinajstić information content (AvgIpc) is 2.02. The molecule has 64 valence electrons. The van der Waals surface area contributed by atoms with Crippen LogP contribution in [-0.2, 0) is 19.1 Å². The predicted molar refractivity (Wildman–Crippen MR) is 41.4 cm³/mol. The third kappa shape index (κ3) is 3.98. The molecular formula is C6H9BrO4. The van der Waals surface area contributed by atoms with E-state index in [9.17, 15) is 9.59 Å². The van der Waals surface area contributed by atoms with Crippen LogP contribution >= 0.6 is 15.9 Å². The van der Waals surface area contributed by atoms with Gasteiger partial charge >= 0.3 is 11.9 Å². The molecule has 0 rings (SSSR count). The molecule has 0 bridgehead atoms. The first kappa shape index (κ1) is 10.4. The van der Waals surface area contributed by atoms with Crippen molar-refractivity contribution in [1.82, 2.24) is 0 Å². The lowest BCUT2D eigenvalue weighted by Gasteiger charge is -2.08. The third-order valence-electron chi connectivity index (χ3n) is 0.950. The van der Waals surface area contributed by atoms with E-state index in [1.165, 1.54) is 14.0 Å². The van der Waals surface area contributed by atoms with Crippen LogP contribution in [-0.4, -0.2) is 30.5 Å². The van der Waals surface area contributed by atoms with Gasteiger partial charge in [-0.1, -0.05) is 15.9 Å². The van der Waals surface area contributed by atoms with Gasteiger partial charge in [-0.25, -0.2) is 4.79 Å². The van der Waals surface area contributed by atoms with Crippen LogP contribution in [0.1, 0.15) is 6.92 Å². The van der Waals surface area contributed by atoms with E-state index >= 15 is 0 Å². The van der Waals surface area contributed by atoms with E-state index in [1.807, 2.05) is 0 Å². The van der Waals surface area contributed by atoms with Crippen molar-refractivity contribution < 1.29 is 19.1 Å². The zero-order valence-corrected chi connectivity index (χ0v) is 7.88. The third-order valence-corrected chi connectivity index (χ3v) is 1.41. The molecule has 0 fully saturated rings. The van der Waals surface area contributed by atoms with Crippen molar-refractivity contribution in [3.63, 3.8) is 0 Å². The summed E-state index contributed by atoms with van der Waals surface area (Å²) < 4.78 is 8.92. The van der Waals surface area contributed by atoms with Gasteiger partial charge < -0.3 is 9.47 Å². The fourth-order valence-electron chi connectivity index (χ4n) is 0.443. The molecular weight excluding hydrogens is 216 g/mol. The highest BCUT2D eigenvalue weighted by Crippen LogP contribution is 1.95. The Morgan fingerprint density at radius 1 is 1.55 bits per heavy atom.